The van der Waals surface area contributed by atoms with Gasteiger partial charge in [0.05, 0.1) is 21.7 Å². The molecule has 2 saturated heterocycles. The predicted molar refractivity (Wildman–Crippen MR) is 70.0 cm³/mol. The van der Waals surface area contributed by atoms with Crippen LogP contribution in [0.25, 0.3) is 0 Å². The molecule has 19 heavy (non-hydrogen) atoms. The summed E-state index contributed by atoms with van der Waals surface area (Å²) in [5.74, 6) is -1.83. The van der Waals surface area contributed by atoms with E-state index in [9.17, 15) is 9.59 Å². The Labute approximate surface area is 114 Å². The van der Waals surface area contributed by atoms with Crippen LogP contribution in [0.1, 0.15) is 55.4 Å². The zero-order chi connectivity index (χ0) is 15.1. The largest absolute Gasteiger partial charge is 0.421 e. The number of hydrogen-bond donors (Lipinski definition) is 0. The van der Waals surface area contributed by atoms with Crippen molar-refractivity contribution in [1.29, 1.82) is 0 Å². The third-order valence-electron chi connectivity index (χ3n) is 6.26. The van der Waals surface area contributed by atoms with Gasteiger partial charge in [-0.3, -0.25) is 9.59 Å². The summed E-state index contributed by atoms with van der Waals surface area (Å²) in [7, 11) is 0. The van der Waals surface area contributed by atoms with E-state index in [4.69, 9.17) is 9.47 Å². The maximum Gasteiger partial charge on any atom is 0.315 e. The molecular weight excluding hydrogens is 244 g/mol. The highest BCUT2D eigenvalue weighted by atomic mass is 16.8. The minimum Gasteiger partial charge on any atom is -0.421 e. The Kier molecular flexibility index (Phi) is 2.38. The summed E-state index contributed by atoms with van der Waals surface area (Å²) in [6, 6.07) is 0. The van der Waals surface area contributed by atoms with Crippen LogP contribution in [0.4, 0.5) is 0 Å². The second-order valence-electron chi connectivity index (χ2n) is 7.90. The molecule has 0 bridgehead atoms. The normalized spacial score (nSPS) is 32.2. The van der Waals surface area contributed by atoms with Crippen molar-refractivity contribution in [3.05, 3.63) is 0 Å². The molecule has 0 saturated carbocycles. The van der Waals surface area contributed by atoms with E-state index in [0.717, 1.165) is 0 Å². The molecule has 0 amide bonds. The van der Waals surface area contributed by atoms with Crippen molar-refractivity contribution in [3.63, 3.8) is 0 Å². The van der Waals surface area contributed by atoms with Crippen molar-refractivity contribution >= 4 is 11.9 Å². The predicted octanol–water partition coefficient (Wildman–Crippen LogP) is 2.90. The third-order valence-corrected chi connectivity index (χ3v) is 6.26. The first-order valence-electron chi connectivity index (χ1n) is 6.72. The Morgan fingerprint density at radius 2 is 0.895 bits per heavy atom. The molecule has 2 heterocycles. The Morgan fingerprint density at radius 1 is 0.632 bits per heavy atom. The molecule has 0 aromatic heterocycles. The molecule has 0 aromatic rings. The quantitative estimate of drug-likeness (QED) is 0.634. The maximum atomic E-state index is 12.3. The van der Waals surface area contributed by atoms with Crippen molar-refractivity contribution in [2.45, 2.75) is 61.2 Å². The van der Waals surface area contributed by atoms with Crippen LogP contribution in [0.3, 0.4) is 0 Å². The molecule has 2 aliphatic rings. The Bertz CT molecular complexity index is 425. The zero-order valence-electron chi connectivity index (χ0n) is 13.1. The van der Waals surface area contributed by atoms with Gasteiger partial charge in [-0.1, -0.05) is 27.7 Å². The van der Waals surface area contributed by atoms with E-state index in [1.807, 2.05) is 55.4 Å². The highest BCUT2D eigenvalue weighted by Gasteiger charge is 2.80. The summed E-state index contributed by atoms with van der Waals surface area (Å²) in [4.78, 5) is 24.5. The van der Waals surface area contributed by atoms with Gasteiger partial charge >= 0.3 is 11.9 Å². The monoisotopic (exact) mass is 268 g/mol. The van der Waals surface area contributed by atoms with Crippen LogP contribution in [0, 0.1) is 21.7 Å². The Balaban J connectivity index is 2.71. The van der Waals surface area contributed by atoms with Gasteiger partial charge in [-0.15, -0.1) is 0 Å². The lowest BCUT2D eigenvalue weighted by molar-refractivity contribution is -0.265. The van der Waals surface area contributed by atoms with Gasteiger partial charge < -0.3 is 9.47 Å². The van der Waals surface area contributed by atoms with Crippen LogP contribution >= 0.6 is 0 Å². The van der Waals surface area contributed by atoms with Crippen molar-refractivity contribution in [2.75, 3.05) is 0 Å². The minimum absolute atomic E-state index is 0.309. The average molecular weight is 268 g/mol. The number of esters is 2. The van der Waals surface area contributed by atoms with Gasteiger partial charge in [-0.05, 0) is 27.7 Å². The van der Waals surface area contributed by atoms with E-state index in [0.29, 0.717) is 0 Å². The molecule has 0 radical (unpaired) electrons. The number of carbonyl (C=O) groups is 2. The summed E-state index contributed by atoms with van der Waals surface area (Å²) in [6.07, 6.45) is 0. The van der Waals surface area contributed by atoms with Crippen LogP contribution in [0.15, 0.2) is 0 Å². The molecule has 1 spiro atoms. The number of carbonyl (C=O) groups excluding carboxylic acids is 2. The molecule has 108 valence electrons. The van der Waals surface area contributed by atoms with E-state index in [-0.39, 0.29) is 11.9 Å². The molecule has 2 rings (SSSR count). The Morgan fingerprint density at radius 3 is 1.05 bits per heavy atom. The van der Waals surface area contributed by atoms with E-state index in [1.54, 1.807) is 0 Å². The van der Waals surface area contributed by atoms with Gasteiger partial charge in [0.1, 0.15) is 0 Å². The first kappa shape index (κ1) is 14.4. The van der Waals surface area contributed by atoms with Crippen LogP contribution < -0.4 is 0 Å². The molecule has 0 aromatic carbocycles. The molecule has 0 atom stereocenters. The number of hydrogen-bond acceptors (Lipinski definition) is 4. The lowest BCUT2D eigenvalue weighted by Crippen LogP contribution is -2.57. The van der Waals surface area contributed by atoms with Gasteiger partial charge in [-0.25, -0.2) is 0 Å². The fourth-order valence-corrected chi connectivity index (χ4v) is 3.16. The minimum atomic E-state index is -1.21. The van der Waals surface area contributed by atoms with Crippen LogP contribution in [-0.4, -0.2) is 17.7 Å². The summed E-state index contributed by atoms with van der Waals surface area (Å²) in [6.45, 7) is 15.1. The topological polar surface area (TPSA) is 52.6 Å². The van der Waals surface area contributed by atoms with Gasteiger partial charge in [0.15, 0.2) is 0 Å². The lowest BCUT2D eigenvalue weighted by Gasteiger charge is -2.47. The highest BCUT2D eigenvalue weighted by molar-refractivity contribution is 5.85. The maximum absolute atomic E-state index is 12.3. The summed E-state index contributed by atoms with van der Waals surface area (Å²) >= 11 is 0. The fraction of sp³-hybridized carbons (Fsp3) is 0.867. The first-order chi connectivity index (χ1) is 8.26. The fourth-order valence-electron chi connectivity index (χ4n) is 3.16. The molecule has 2 aliphatic heterocycles. The highest BCUT2D eigenvalue weighted by Crippen LogP contribution is 2.69. The number of ether oxygens (including phenoxy) is 2. The average Bonchev–Trinajstić information content (AvgIpc) is 2.45. The van der Waals surface area contributed by atoms with Crippen molar-refractivity contribution in [2.24, 2.45) is 21.7 Å². The van der Waals surface area contributed by atoms with Gasteiger partial charge in [0.2, 0.25) is 0 Å². The smallest absolute Gasteiger partial charge is 0.315 e. The molecule has 0 unspecified atom stereocenters. The van der Waals surface area contributed by atoms with Gasteiger partial charge in [0, 0.05) is 0 Å². The molecule has 0 aliphatic carbocycles. The number of rotatable bonds is 0. The summed E-state index contributed by atoms with van der Waals surface area (Å²) in [5.41, 5.74) is -2.62. The second-order valence-corrected chi connectivity index (χ2v) is 7.90. The molecule has 2 fully saturated rings. The first-order valence-corrected chi connectivity index (χ1v) is 6.72. The van der Waals surface area contributed by atoms with Crippen LogP contribution in [0.5, 0.6) is 0 Å². The molecular formula is C15H24O4. The van der Waals surface area contributed by atoms with Crippen LogP contribution in [-0.2, 0) is 19.1 Å². The van der Waals surface area contributed by atoms with Crippen molar-refractivity contribution in [3.8, 4) is 0 Å². The van der Waals surface area contributed by atoms with E-state index in [1.165, 1.54) is 0 Å². The lowest BCUT2D eigenvalue weighted by atomic mass is 9.54. The standard InChI is InChI=1S/C15H24O4/c1-11(2)9(16)18-15(13(11,5)6)14(7,8)12(3,4)10(17)19-15/h1-8H3. The summed E-state index contributed by atoms with van der Waals surface area (Å²) in [5, 5.41) is 0. The van der Waals surface area contributed by atoms with Gasteiger partial charge in [-0.2, -0.15) is 0 Å². The molecule has 4 nitrogen and oxygen atoms in total. The zero-order valence-corrected chi connectivity index (χ0v) is 13.1. The Hall–Kier alpha value is -1.06. The third kappa shape index (κ3) is 1.17. The second kappa shape index (κ2) is 3.15. The molecule has 4 heteroatoms. The van der Waals surface area contributed by atoms with Crippen LogP contribution in [0.2, 0.25) is 0 Å². The SMILES string of the molecule is CC1(C)C(=O)OC2(OC(=O)C(C)(C)C2(C)C)C1(C)C. The van der Waals surface area contributed by atoms with Crippen molar-refractivity contribution < 1.29 is 19.1 Å². The van der Waals surface area contributed by atoms with E-state index >= 15 is 0 Å². The van der Waals surface area contributed by atoms with Gasteiger partial charge in [0.25, 0.3) is 5.79 Å². The summed E-state index contributed by atoms with van der Waals surface area (Å²) < 4.78 is 11.4. The van der Waals surface area contributed by atoms with Crippen molar-refractivity contribution in [1.82, 2.24) is 0 Å². The van der Waals surface area contributed by atoms with E-state index in [2.05, 4.69) is 0 Å². The van der Waals surface area contributed by atoms with E-state index < -0.39 is 27.4 Å². The molecule has 0 N–H and O–H groups in total.